The van der Waals surface area contributed by atoms with Crippen molar-refractivity contribution in [1.29, 1.82) is 0 Å². The van der Waals surface area contributed by atoms with Crippen LogP contribution >= 0.6 is 46.1 Å². The number of amides is 1. The third-order valence-electron chi connectivity index (χ3n) is 2.32. The number of carbonyl (C=O) groups excluding carboxylic acids is 1. The standard InChI is InChI=1S/C13H11IN2O2S2/c14-11-5-8(7-20-11)13(17)16-9-1-3-10(4-2-9)18-6-12(15)19/h1-5,7H,6H2,(H2,15,19)(H,16,17). The summed E-state index contributed by atoms with van der Waals surface area (Å²) in [7, 11) is 0. The van der Waals surface area contributed by atoms with Gasteiger partial charge in [-0.15, -0.1) is 11.3 Å². The normalized spacial score (nSPS) is 10.1. The second-order valence-electron chi connectivity index (χ2n) is 3.87. The highest BCUT2D eigenvalue weighted by molar-refractivity contribution is 14.1. The number of hydrogen-bond donors (Lipinski definition) is 2. The van der Waals surface area contributed by atoms with Crippen molar-refractivity contribution in [3.8, 4) is 5.75 Å². The molecule has 104 valence electrons. The number of nitrogens with one attached hydrogen (secondary N) is 1. The lowest BCUT2D eigenvalue weighted by Crippen LogP contribution is -2.17. The van der Waals surface area contributed by atoms with Crippen molar-refractivity contribution in [2.24, 2.45) is 5.73 Å². The SMILES string of the molecule is NC(=S)COc1ccc(NC(=O)c2csc(I)c2)cc1. The highest BCUT2D eigenvalue weighted by Gasteiger charge is 2.08. The van der Waals surface area contributed by atoms with Gasteiger partial charge in [0.25, 0.3) is 5.91 Å². The van der Waals surface area contributed by atoms with Crippen LogP contribution in [0.2, 0.25) is 0 Å². The predicted octanol–water partition coefficient (Wildman–Crippen LogP) is 3.27. The Morgan fingerprint density at radius 1 is 1.40 bits per heavy atom. The van der Waals surface area contributed by atoms with Crippen molar-refractivity contribution in [3.63, 3.8) is 0 Å². The molecule has 0 fully saturated rings. The smallest absolute Gasteiger partial charge is 0.256 e. The first-order chi connectivity index (χ1) is 9.54. The van der Waals surface area contributed by atoms with Gasteiger partial charge in [0.2, 0.25) is 0 Å². The molecule has 1 aromatic heterocycles. The molecular formula is C13H11IN2O2S2. The number of thiophene rings is 1. The lowest BCUT2D eigenvalue weighted by molar-refractivity contribution is 0.102. The Labute approximate surface area is 139 Å². The van der Waals surface area contributed by atoms with Crippen LogP contribution in [0.15, 0.2) is 35.7 Å². The molecule has 1 amide bonds. The zero-order valence-electron chi connectivity index (χ0n) is 10.3. The second-order valence-corrected chi connectivity index (χ2v) is 7.20. The molecule has 0 atom stereocenters. The number of carbonyl (C=O) groups is 1. The topological polar surface area (TPSA) is 64.3 Å². The summed E-state index contributed by atoms with van der Waals surface area (Å²) < 4.78 is 6.42. The summed E-state index contributed by atoms with van der Waals surface area (Å²) in [6.45, 7) is 0.203. The molecule has 0 aliphatic rings. The highest BCUT2D eigenvalue weighted by atomic mass is 127. The summed E-state index contributed by atoms with van der Waals surface area (Å²) in [4.78, 5) is 12.3. The number of rotatable bonds is 5. The van der Waals surface area contributed by atoms with Gasteiger partial charge < -0.3 is 15.8 Å². The minimum atomic E-state index is -0.124. The zero-order chi connectivity index (χ0) is 14.5. The molecule has 0 unspecified atom stereocenters. The molecule has 20 heavy (non-hydrogen) atoms. The average Bonchev–Trinajstić information content (AvgIpc) is 2.85. The van der Waals surface area contributed by atoms with Gasteiger partial charge in [0.15, 0.2) is 0 Å². The first-order valence-electron chi connectivity index (χ1n) is 5.61. The minimum absolute atomic E-state index is 0.124. The maximum Gasteiger partial charge on any atom is 0.256 e. The molecule has 1 heterocycles. The Kier molecular flexibility index (Phi) is 5.32. The van der Waals surface area contributed by atoms with Crippen molar-refractivity contribution >= 4 is 62.7 Å². The molecule has 0 aliphatic heterocycles. The van der Waals surface area contributed by atoms with Crippen LogP contribution in [0.4, 0.5) is 5.69 Å². The first kappa shape index (κ1) is 15.2. The third-order valence-corrected chi connectivity index (χ3v) is 4.23. The number of benzene rings is 1. The summed E-state index contributed by atoms with van der Waals surface area (Å²) >= 11 is 8.45. The number of ether oxygens (including phenoxy) is 1. The van der Waals surface area contributed by atoms with Crippen LogP contribution in [-0.2, 0) is 0 Å². The van der Waals surface area contributed by atoms with Crippen molar-refractivity contribution < 1.29 is 9.53 Å². The molecular weight excluding hydrogens is 407 g/mol. The van der Waals surface area contributed by atoms with Crippen molar-refractivity contribution in [1.82, 2.24) is 0 Å². The Hall–Kier alpha value is -1.19. The molecule has 0 saturated carbocycles. The molecule has 2 aromatic rings. The predicted molar refractivity (Wildman–Crippen MR) is 93.7 cm³/mol. The van der Waals surface area contributed by atoms with E-state index in [2.05, 4.69) is 27.9 Å². The maximum atomic E-state index is 12.0. The van der Waals surface area contributed by atoms with Gasteiger partial charge >= 0.3 is 0 Å². The Morgan fingerprint density at radius 2 is 2.10 bits per heavy atom. The summed E-state index contributed by atoms with van der Waals surface area (Å²) in [5.41, 5.74) is 6.72. The van der Waals surface area contributed by atoms with E-state index in [0.717, 1.165) is 2.88 Å². The molecule has 7 heteroatoms. The fourth-order valence-electron chi connectivity index (χ4n) is 1.42. The maximum absolute atomic E-state index is 12.0. The Balaban J connectivity index is 1.96. The van der Waals surface area contributed by atoms with Gasteiger partial charge in [-0.1, -0.05) is 12.2 Å². The van der Waals surface area contributed by atoms with E-state index in [0.29, 0.717) is 22.0 Å². The second kappa shape index (κ2) is 7.00. The van der Waals surface area contributed by atoms with Gasteiger partial charge in [-0.25, -0.2) is 0 Å². The van der Waals surface area contributed by atoms with Crippen LogP contribution in [0.3, 0.4) is 0 Å². The molecule has 0 radical (unpaired) electrons. The minimum Gasteiger partial charge on any atom is -0.487 e. The van der Waals surface area contributed by atoms with E-state index in [1.807, 2.05) is 11.4 Å². The van der Waals surface area contributed by atoms with E-state index in [9.17, 15) is 4.79 Å². The summed E-state index contributed by atoms with van der Waals surface area (Å²) in [5, 5.41) is 4.65. The van der Waals surface area contributed by atoms with Crippen LogP contribution in [0.1, 0.15) is 10.4 Å². The van der Waals surface area contributed by atoms with Crippen LogP contribution in [0, 0.1) is 2.88 Å². The van der Waals surface area contributed by atoms with Gasteiger partial charge in [0.1, 0.15) is 17.3 Å². The van der Waals surface area contributed by atoms with E-state index in [4.69, 9.17) is 22.7 Å². The highest BCUT2D eigenvalue weighted by Crippen LogP contribution is 2.19. The lowest BCUT2D eigenvalue weighted by atomic mass is 10.2. The quantitative estimate of drug-likeness (QED) is 0.578. The van der Waals surface area contributed by atoms with Gasteiger partial charge in [-0.05, 0) is 52.9 Å². The third kappa shape index (κ3) is 4.43. The van der Waals surface area contributed by atoms with Crippen molar-refractivity contribution in [2.75, 3.05) is 11.9 Å². The van der Waals surface area contributed by atoms with E-state index in [1.165, 1.54) is 11.3 Å². The van der Waals surface area contributed by atoms with Gasteiger partial charge in [-0.2, -0.15) is 0 Å². The lowest BCUT2D eigenvalue weighted by Gasteiger charge is -2.07. The summed E-state index contributed by atoms with van der Waals surface area (Å²) in [6, 6.07) is 8.89. The van der Waals surface area contributed by atoms with Crippen molar-refractivity contribution in [2.45, 2.75) is 0 Å². The van der Waals surface area contributed by atoms with E-state index in [-0.39, 0.29) is 12.5 Å². The van der Waals surface area contributed by atoms with Gasteiger partial charge in [0, 0.05) is 11.1 Å². The molecule has 2 rings (SSSR count). The van der Waals surface area contributed by atoms with Gasteiger partial charge in [0.05, 0.1) is 8.45 Å². The van der Waals surface area contributed by atoms with Crippen LogP contribution in [0.5, 0.6) is 5.75 Å². The monoisotopic (exact) mass is 418 g/mol. The fraction of sp³-hybridized carbons (Fsp3) is 0.0769. The van der Waals surface area contributed by atoms with E-state index < -0.39 is 0 Å². The van der Waals surface area contributed by atoms with E-state index in [1.54, 1.807) is 24.3 Å². The molecule has 0 spiro atoms. The largest absolute Gasteiger partial charge is 0.487 e. The van der Waals surface area contributed by atoms with Crippen LogP contribution in [0.25, 0.3) is 0 Å². The van der Waals surface area contributed by atoms with Crippen molar-refractivity contribution in [3.05, 3.63) is 44.2 Å². The number of hydrogen-bond acceptors (Lipinski definition) is 4. The molecule has 3 N–H and O–H groups in total. The number of anilines is 1. The average molecular weight is 418 g/mol. The number of thiocarbonyl (C=S) groups is 1. The molecule has 1 aromatic carbocycles. The molecule has 0 aliphatic carbocycles. The number of nitrogens with two attached hydrogens (primary N) is 1. The molecule has 0 bridgehead atoms. The summed E-state index contributed by atoms with van der Waals surface area (Å²) in [6.07, 6.45) is 0. The van der Waals surface area contributed by atoms with Gasteiger partial charge in [-0.3, -0.25) is 4.79 Å². The molecule has 0 saturated heterocycles. The van der Waals surface area contributed by atoms with E-state index >= 15 is 0 Å². The summed E-state index contributed by atoms with van der Waals surface area (Å²) in [5.74, 6) is 0.529. The van der Waals surface area contributed by atoms with Crippen LogP contribution < -0.4 is 15.8 Å². The number of halogens is 1. The Morgan fingerprint density at radius 3 is 2.65 bits per heavy atom. The first-order valence-corrected chi connectivity index (χ1v) is 7.98. The Bertz CT molecular complexity index is 626. The molecule has 4 nitrogen and oxygen atoms in total. The fourth-order valence-corrected chi connectivity index (χ4v) is 2.81. The van der Waals surface area contributed by atoms with Crippen LogP contribution in [-0.4, -0.2) is 17.5 Å². The zero-order valence-corrected chi connectivity index (χ0v) is 14.1.